The van der Waals surface area contributed by atoms with Crippen molar-refractivity contribution >= 4 is 23.5 Å². The molecule has 2 bridgehead atoms. The van der Waals surface area contributed by atoms with Gasteiger partial charge in [-0.25, -0.2) is 0 Å². The molecule has 8 heteroatoms. The summed E-state index contributed by atoms with van der Waals surface area (Å²) in [5.41, 5.74) is 0.467. The number of anilines is 1. The summed E-state index contributed by atoms with van der Waals surface area (Å²) >= 11 is 0. The zero-order valence-electron chi connectivity index (χ0n) is 26.8. The van der Waals surface area contributed by atoms with Crippen LogP contribution >= 0.6 is 0 Å². The van der Waals surface area contributed by atoms with Gasteiger partial charge in [-0.05, 0) is 75.5 Å². The summed E-state index contributed by atoms with van der Waals surface area (Å²) in [7, 11) is 0. The lowest BCUT2D eigenvalue weighted by Gasteiger charge is -2.41. The number of carbonyl (C=O) groups is 3. The maximum atomic E-state index is 15.0. The number of aliphatic hydroxyl groups excluding tert-OH is 1. The first-order valence-corrected chi connectivity index (χ1v) is 15.8. The van der Waals surface area contributed by atoms with E-state index >= 15 is 0 Å². The van der Waals surface area contributed by atoms with Gasteiger partial charge in [0.05, 0.1) is 30.8 Å². The molecule has 0 saturated carbocycles. The second-order valence-corrected chi connectivity index (χ2v) is 13.1. The number of hydrogen-bond donors (Lipinski definition) is 1. The second kappa shape index (κ2) is 12.9. The molecule has 1 N–H and O–H groups in total. The Morgan fingerprint density at radius 3 is 2.60 bits per heavy atom. The molecule has 43 heavy (non-hydrogen) atoms. The van der Waals surface area contributed by atoms with Gasteiger partial charge in [0.2, 0.25) is 5.91 Å². The highest BCUT2D eigenvalue weighted by molar-refractivity contribution is 6.05. The molecule has 3 aliphatic heterocycles. The molecule has 3 fully saturated rings. The fourth-order valence-electron chi connectivity index (χ4n) is 7.73. The van der Waals surface area contributed by atoms with Crippen molar-refractivity contribution in [2.45, 2.75) is 96.9 Å². The van der Waals surface area contributed by atoms with Gasteiger partial charge < -0.3 is 24.4 Å². The fourth-order valence-corrected chi connectivity index (χ4v) is 7.73. The number of allylic oxidation sites excluding steroid dienone is 1. The maximum absolute atomic E-state index is 15.0. The van der Waals surface area contributed by atoms with Gasteiger partial charge in [0.25, 0.3) is 5.91 Å². The summed E-state index contributed by atoms with van der Waals surface area (Å²) in [5.74, 6) is -2.99. The van der Waals surface area contributed by atoms with Crippen LogP contribution in [-0.4, -0.2) is 70.8 Å². The van der Waals surface area contributed by atoms with E-state index in [1.54, 1.807) is 15.9 Å². The fraction of sp³-hybridized carbons (Fsp3) is 0.629. The van der Waals surface area contributed by atoms with Crippen molar-refractivity contribution in [3.63, 3.8) is 0 Å². The molecule has 8 nitrogen and oxygen atoms in total. The molecule has 3 saturated heterocycles. The third-order valence-corrected chi connectivity index (χ3v) is 10.4. The first kappa shape index (κ1) is 32.9. The molecule has 2 amide bonds. The number of esters is 1. The summed E-state index contributed by atoms with van der Waals surface area (Å²) in [6, 6.07) is 4.30. The first-order chi connectivity index (χ1) is 20.4. The van der Waals surface area contributed by atoms with Crippen LogP contribution in [0.3, 0.4) is 0 Å². The summed E-state index contributed by atoms with van der Waals surface area (Å²) in [6.07, 6.45) is 7.05. The lowest BCUT2D eigenvalue weighted by molar-refractivity contribution is -0.163. The average molecular weight is 595 g/mol. The highest BCUT2D eigenvalue weighted by atomic mass is 16.6. The Morgan fingerprint density at radius 1 is 1.26 bits per heavy atom. The highest BCUT2D eigenvalue weighted by Crippen LogP contribution is 2.66. The smallest absolute Gasteiger partial charge is 0.312 e. The molecule has 8 atom stereocenters. The van der Waals surface area contributed by atoms with Gasteiger partial charge in [-0.2, -0.15) is 0 Å². The second-order valence-electron chi connectivity index (χ2n) is 13.1. The first-order valence-electron chi connectivity index (χ1n) is 15.8. The SMILES string of the molecule is C=CCCCCOC(=O)[C@H]1[C@H]2C(=O)N([C@@H](CO)[C@@H](C)CC)C(C(=O)N(CC=C)c3cc(C)ccc3C)C23CC(C)[C@]1(C)O3. The highest BCUT2D eigenvalue weighted by Gasteiger charge is 2.81. The molecule has 1 spiro atoms. The van der Waals surface area contributed by atoms with Crippen molar-refractivity contribution in [2.75, 3.05) is 24.7 Å². The number of ether oxygens (including phenoxy) is 2. The minimum Gasteiger partial charge on any atom is -0.465 e. The Morgan fingerprint density at radius 2 is 1.98 bits per heavy atom. The number of likely N-dealkylation sites (tertiary alicyclic amines) is 1. The number of amides is 2. The Kier molecular flexibility index (Phi) is 9.92. The number of benzene rings is 1. The molecule has 3 heterocycles. The number of hydrogen-bond acceptors (Lipinski definition) is 6. The van der Waals surface area contributed by atoms with Crippen LogP contribution in [0.2, 0.25) is 0 Å². The Bertz CT molecular complexity index is 1250. The van der Waals surface area contributed by atoms with E-state index in [0.29, 0.717) is 19.3 Å². The van der Waals surface area contributed by atoms with Crippen molar-refractivity contribution < 1.29 is 29.0 Å². The van der Waals surface area contributed by atoms with E-state index in [4.69, 9.17) is 9.47 Å². The van der Waals surface area contributed by atoms with Crippen molar-refractivity contribution in [1.82, 2.24) is 4.90 Å². The molecule has 3 aliphatic rings. The lowest BCUT2D eigenvalue weighted by atomic mass is 9.62. The predicted molar refractivity (Wildman–Crippen MR) is 167 cm³/mol. The summed E-state index contributed by atoms with van der Waals surface area (Å²) in [4.78, 5) is 46.7. The van der Waals surface area contributed by atoms with Crippen LogP contribution in [0, 0.1) is 37.5 Å². The van der Waals surface area contributed by atoms with Gasteiger partial charge in [-0.15, -0.1) is 13.2 Å². The van der Waals surface area contributed by atoms with Crippen molar-refractivity contribution in [3.05, 3.63) is 54.6 Å². The molecule has 236 valence electrons. The number of nitrogens with zero attached hydrogens (tertiary/aromatic N) is 2. The number of unbranched alkanes of at least 4 members (excludes halogenated alkanes) is 2. The number of rotatable bonds is 14. The Hall–Kier alpha value is -2.97. The van der Waals surface area contributed by atoms with E-state index in [0.717, 1.165) is 29.7 Å². The van der Waals surface area contributed by atoms with E-state index in [1.165, 1.54) is 0 Å². The monoisotopic (exact) mass is 594 g/mol. The Balaban J connectivity index is 1.83. The van der Waals surface area contributed by atoms with Crippen LogP contribution in [0.25, 0.3) is 0 Å². The molecule has 0 aliphatic carbocycles. The van der Waals surface area contributed by atoms with Crippen LogP contribution in [0.15, 0.2) is 43.5 Å². The van der Waals surface area contributed by atoms with Crippen LogP contribution < -0.4 is 4.90 Å². The van der Waals surface area contributed by atoms with Gasteiger partial charge in [0, 0.05) is 12.2 Å². The lowest BCUT2D eigenvalue weighted by Crippen LogP contribution is -2.60. The normalized spacial score (nSPS) is 30.6. The van der Waals surface area contributed by atoms with E-state index in [9.17, 15) is 19.5 Å². The topological polar surface area (TPSA) is 96.4 Å². The standard InChI is InChI=1S/C35H50N2O6/c1-9-12-13-14-18-42-33(41)29-28-31(39)37(27(21-38)23(5)11-3)30(35(28)20-25(7)34(29,8)43-35)32(40)36(17-10-2)26-19-22(4)15-16-24(26)6/h9-10,15-16,19,23,25,27-30,38H,1-2,11-14,17-18,20-21H2,3-8H3/t23-,25?,27-,28-,29+,30?,34-,35?/m0/s1. The van der Waals surface area contributed by atoms with E-state index in [-0.39, 0.29) is 43.4 Å². The zero-order chi connectivity index (χ0) is 31.7. The number of aryl methyl sites for hydroxylation is 2. The van der Waals surface area contributed by atoms with E-state index < -0.39 is 41.1 Å². The minimum absolute atomic E-state index is 0.0893. The number of aliphatic hydroxyl groups is 1. The van der Waals surface area contributed by atoms with Crippen LogP contribution in [-0.2, 0) is 23.9 Å². The predicted octanol–water partition coefficient (Wildman–Crippen LogP) is 5.14. The van der Waals surface area contributed by atoms with E-state index in [1.807, 2.05) is 65.8 Å². The van der Waals surface area contributed by atoms with Gasteiger partial charge in [-0.3, -0.25) is 14.4 Å². The van der Waals surface area contributed by atoms with Gasteiger partial charge >= 0.3 is 5.97 Å². The Labute approximate surface area is 257 Å². The van der Waals surface area contributed by atoms with Crippen LogP contribution in [0.4, 0.5) is 5.69 Å². The molecular formula is C35H50N2O6. The molecule has 0 radical (unpaired) electrons. The molecule has 4 rings (SSSR count). The molecule has 1 aromatic rings. The third kappa shape index (κ3) is 5.46. The number of carbonyl (C=O) groups excluding carboxylic acids is 3. The van der Waals surface area contributed by atoms with Gasteiger partial charge in [-0.1, -0.05) is 51.5 Å². The average Bonchev–Trinajstić information content (AvgIpc) is 3.49. The van der Waals surface area contributed by atoms with Gasteiger partial charge in [0.1, 0.15) is 17.6 Å². The van der Waals surface area contributed by atoms with Crippen LogP contribution in [0.5, 0.6) is 0 Å². The molecule has 0 aromatic heterocycles. The molecular weight excluding hydrogens is 544 g/mol. The quantitative estimate of drug-likeness (QED) is 0.182. The molecule has 3 unspecified atom stereocenters. The minimum atomic E-state index is -1.23. The number of fused-ring (bicyclic) bond motifs is 1. The van der Waals surface area contributed by atoms with Crippen molar-refractivity contribution in [2.24, 2.45) is 23.7 Å². The van der Waals surface area contributed by atoms with Gasteiger partial charge in [0.15, 0.2) is 0 Å². The van der Waals surface area contributed by atoms with Crippen LogP contribution in [0.1, 0.15) is 70.9 Å². The third-order valence-electron chi connectivity index (χ3n) is 10.4. The van der Waals surface area contributed by atoms with E-state index in [2.05, 4.69) is 13.2 Å². The van der Waals surface area contributed by atoms with Crippen molar-refractivity contribution in [1.29, 1.82) is 0 Å². The largest absolute Gasteiger partial charge is 0.465 e. The van der Waals surface area contributed by atoms with Crippen molar-refractivity contribution in [3.8, 4) is 0 Å². The molecule has 1 aromatic carbocycles. The summed E-state index contributed by atoms with van der Waals surface area (Å²) in [6.45, 7) is 19.7. The summed E-state index contributed by atoms with van der Waals surface area (Å²) < 4.78 is 12.7. The maximum Gasteiger partial charge on any atom is 0.312 e. The summed E-state index contributed by atoms with van der Waals surface area (Å²) in [5, 5.41) is 10.7. The zero-order valence-corrected chi connectivity index (χ0v) is 26.8.